The van der Waals surface area contributed by atoms with Gasteiger partial charge in [0.05, 0.1) is 11.9 Å². The van der Waals surface area contributed by atoms with Crippen molar-refractivity contribution in [1.82, 2.24) is 15.1 Å². The Morgan fingerprint density at radius 2 is 1.65 bits per heavy atom. The molecule has 6 heteroatoms. The van der Waals surface area contributed by atoms with Crippen LogP contribution in [0.25, 0.3) is 11.3 Å². The molecule has 0 saturated carbocycles. The largest absolute Gasteiger partial charge is 0.483 e. The maximum absolute atomic E-state index is 13.1. The highest BCUT2D eigenvalue weighted by molar-refractivity contribution is 6.01. The van der Waals surface area contributed by atoms with Gasteiger partial charge in [-0.3, -0.25) is 9.59 Å². The number of carbonyl (C=O) groups excluding carboxylic acids is 1. The Hall–Kier alpha value is -2.76. The van der Waals surface area contributed by atoms with Gasteiger partial charge in [-0.05, 0) is 58.7 Å². The fourth-order valence-electron chi connectivity index (χ4n) is 2.87. The Morgan fingerprint density at radius 1 is 1.12 bits per heavy atom. The molecule has 2 rings (SSSR count). The summed E-state index contributed by atoms with van der Waals surface area (Å²) in [5.74, 6) is 0.0355. The molecule has 0 atom stereocenters. The topological polar surface area (TPSA) is 83.4 Å². The Morgan fingerprint density at radius 3 is 2.19 bits per heavy atom. The van der Waals surface area contributed by atoms with Gasteiger partial charge < -0.3 is 10.0 Å². The average Bonchev–Trinajstić information content (AvgIpc) is 2.57. The third kappa shape index (κ3) is 4.88. The van der Waals surface area contributed by atoms with E-state index in [4.69, 9.17) is 9.90 Å². The summed E-state index contributed by atoms with van der Waals surface area (Å²) in [5, 5.41) is 15.2. The van der Waals surface area contributed by atoms with Crippen molar-refractivity contribution in [2.45, 2.75) is 53.6 Å². The van der Waals surface area contributed by atoms with Crippen LogP contribution in [0.15, 0.2) is 30.5 Å². The zero-order chi connectivity index (χ0) is 19.9. The van der Waals surface area contributed by atoms with Crippen molar-refractivity contribution in [3.8, 4) is 11.3 Å². The van der Waals surface area contributed by atoms with E-state index in [2.05, 4.69) is 10.2 Å². The number of hydrogen-bond acceptors (Lipinski definition) is 4. The van der Waals surface area contributed by atoms with Gasteiger partial charge in [0.15, 0.2) is 0 Å². The summed E-state index contributed by atoms with van der Waals surface area (Å²) in [7, 11) is 0. The van der Waals surface area contributed by atoms with Crippen LogP contribution in [0.1, 0.15) is 49.2 Å². The number of carbonyl (C=O) groups is 2. The molecule has 0 fully saturated rings. The molecular formula is C20H27N3O3. The van der Waals surface area contributed by atoms with E-state index in [-0.39, 0.29) is 24.5 Å². The van der Waals surface area contributed by atoms with E-state index < -0.39 is 0 Å². The molecule has 0 unspecified atom stereocenters. The van der Waals surface area contributed by atoms with Crippen LogP contribution in [-0.2, 0) is 4.79 Å². The van der Waals surface area contributed by atoms with Crippen LogP contribution in [0, 0.1) is 13.8 Å². The fraction of sp³-hybridized carbons (Fsp3) is 0.400. The third-order valence-electron chi connectivity index (χ3n) is 4.12. The lowest BCUT2D eigenvalue weighted by Gasteiger charge is -2.31. The molecule has 1 N–H and O–H groups in total. The van der Waals surface area contributed by atoms with E-state index in [1.807, 2.05) is 70.7 Å². The van der Waals surface area contributed by atoms with Gasteiger partial charge in [0, 0.05) is 23.2 Å². The number of nitrogens with zero attached hydrogens (tertiary/aromatic N) is 3. The summed E-state index contributed by atoms with van der Waals surface area (Å²) in [5.41, 5.74) is 4.43. The molecule has 0 radical (unpaired) electrons. The van der Waals surface area contributed by atoms with Gasteiger partial charge in [-0.2, -0.15) is 10.2 Å². The summed E-state index contributed by atoms with van der Waals surface area (Å²) < 4.78 is 0. The lowest BCUT2D eigenvalue weighted by atomic mass is 9.98. The predicted molar refractivity (Wildman–Crippen MR) is 102 cm³/mol. The van der Waals surface area contributed by atoms with Crippen LogP contribution in [-0.4, -0.2) is 44.7 Å². The number of aromatic nitrogens is 2. The van der Waals surface area contributed by atoms with Crippen LogP contribution in [0.4, 0.5) is 0 Å². The summed E-state index contributed by atoms with van der Waals surface area (Å²) in [6.07, 6.45) is 1.75. The minimum atomic E-state index is -0.250. The Bertz CT molecular complexity index is 750. The zero-order valence-corrected chi connectivity index (χ0v) is 16.2. The third-order valence-corrected chi connectivity index (χ3v) is 4.12. The average molecular weight is 357 g/mol. The molecule has 1 heterocycles. The van der Waals surface area contributed by atoms with E-state index >= 15 is 0 Å². The minimum absolute atomic E-state index is 0.0355. The van der Waals surface area contributed by atoms with Crippen molar-refractivity contribution in [1.29, 1.82) is 0 Å². The summed E-state index contributed by atoms with van der Waals surface area (Å²) in [6, 6.07) is 7.93. The molecule has 140 valence electrons. The number of benzene rings is 1. The maximum Gasteiger partial charge on any atom is 0.290 e. The second-order valence-electron chi connectivity index (χ2n) is 6.55. The fourth-order valence-corrected chi connectivity index (χ4v) is 2.87. The van der Waals surface area contributed by atoms with Crippen molar-refractivity contribution in [2.75, 3.05) is 0 Å². The molecule has 1 amide bonds. The zero-order valence-electron chi connectivity index (χ0n) is 16.2. The molecule has 0 aliphatic heterocycles. The molecular weight excluding hydrogens is 330 g/mol. The van der Waals surface area contributed by atoms with Crippen molar-refractivity contribution < 1.29 is 14.7 Å². The number of hydrogen-bond donors (Lipinski definition) is 1. The van der Waals surface area contributed by atoms with Gasteiger partial charge in [-0.1, -0.05) is 18.2 Å². The van der Waals surface area contributed by atoms with Crippen LogP contribution in [0.3, 0.4) is 0 Å². The Kier molecular flexibility index (Phi) is 7.90. The lowest BCUT2D eigenvalue weighted by Crippen LogP contribution is -2.42. The van der Waals surface area contributed by atoms with Gasteiger partial charge in [-0.15, -0.1) is 0 Å². The van der Waals surface area contributed by atoms with Crippen molar-refractivity contribution >= 4 is 12.4 Å². The normalized spacial score (nSPS) is 10.3. The van der Waals surface area contributed by atoms with E-state index in [9.17, 15) is 4.79 Å². The van der Waals surface area contributed by atoms with Gasteiger partial charge in [0.25, 0.3) is 12.4 Å². The number of rotatable bonds is 4. The van der Waals surface area contributed by atoms with E-state index in [0.29, 0.717) is 5.56 Å². The molecule has 1 aromatic heterocycles. The summed E-state index contributed by atoms with van der Waals surface area (Å²) in [4.78, 5) is 23.4. The smallest absolute Gasteiger partial charge is 0.290 e. The SMILES string of the molecule is Cc1cnnc(-c2ccccc2C(=O)N(C(C)C)C(C)C)c1C.O=CO. The standard InChI is InChI=1S/C19H25N3O.CH2O2/c1-12(2)22(13(3)4)19(23)17-10-8-7-9-16(17)18-15(6)14(5)11-20-21-18;2-1-3/h7-13H,1-6H3;1H,(H,2,3). The van der Waals surface area contributed by atoms with Gasteiger partial charge in [0.2, 0.25) is 0 Å². The second kappa shape index (κ2) is 9.65. The first-order valence-electron chi connectivity index (χ1n) is 8.55. The van der Waals surface area contributed by atoms with E-state index in [1.54, 1.807) is 6.20 Å². The first-order valence-corrected chi connectivity index (χ1v) is 8.55. The molecule has 1 aromatic carbocycles. The molecule has 0 aliphatic rings. The van der Waals surface area contributed by atoms with Crippen LogP contribution < -0.4 is 0 Å². The Labute approximate surface area is 154 Å². The molecule has 0 aliphatic carbocycles. The number of aryl methyl sites for hydroxylation is 1. The molecule has 26 heavy (non-hydrogen) atoms. The molecule has 0 saturated heterocycles. The first-order chi connectivity index (χ1) is 12.3. The van der Waals surface area contributed by atoms with E-state index in [1.165, 1.54) is 0 Å². The summed E-state index contributed by atoms with van der Waals surface area (Å²) in [6.45, 7) is 11.9. The highest BCUT2D eigenvalue weighted by atomic mass is 16.3. The molecule has 0 bridgehead atoms. The van der Waals surface area contributed by atoms with Crippen LogP contribution in [0.2, 0.25) is 0 Å². The van der Waals surface area contributed by atoms with Crippen LogP contribution in [0.5, 0.6) is 0 Å². The Balaban J connectivity index is 0.00000105. The van der Waals surface area contributed by atoms with Gasteiger partial charge >= 0.3 is 0 Å². The molecule has 6 nitrogen and oxygen atoms in total. The number of carboxylic acid groups (broad SMARTS) is 1. The maximum atomic E-state index is 13.1. The molecule has 0 spiro atoms. The van der Waals surface area contributed by atoms with Crippen LogP contribution >= 0.6 is 0 Å². The predicted octanol–water partition coefficient (Wildman–Crippen LogP) is 3.72. The lowest BCUT2D eigenvalue weighted by molar-refractivity contribution is -0.122. The monoisotopic (exact) mass is 357 g/mol. The highest BCUT2D eigenvalue weighted by Crippen LogP contribution is 2.27. The van der Waals surface area contributed by atoms with Crippen molar-refractivity contribution in [3.63, 3.8) is 0 Å². The van der Waals surface area contributed by atoms with E-state index in [0.717, 1.165) is 22.4 Å². The summed E-state index contributed by atoms with van der Waals surface area (Å²) >= 11 is 0. The van der Waals surface area contributed by atoms with Gasteiger partial charge in [0.1, 0.15) is 0 Å². The first kappa shape index (κ1) is 21.3. The van der Waals surface area contributed by atoms with Crippen molar-refractivity contribution in [3.05, 3.63) is 47.2 Å². The van der Waals surface area contributed by atoms with Crippen molar-refractivity contribution in [2.24, 2.45) is 0 Å². The molecule has 2 aromatic rings. The van der Waals surface area contributed by atoms with Gasteiger partial charge in [-0.25, -0.2) is 0 Å². The highest BCUT2D eigenvalue weighted by Gasteiger charge is 2.24. The quantitative estimate of drug-likeness (QED) is 0.843. The minimum Gasteiger partial charge on any atom is -0.483 e. The number of amides is 1. The second-order valence-corrected chi connectivity index (χ2v) is 6.55.